The molecule has 0 atom stereocenters. The molecule has 0 radical (unpaired) electrons. The van der Waals surface area contributed by atoms with Gasteiger partial charge in [-0.05, 0) is 38.1 Å². The predicted octanol–water partition coefficient (Wildman–Crippen LogP) is 2.56. The zero-order chi connectivity index (χ0) is 16.1. The van der Waals surface area contributed by atoms with Gasteiger partial charge in [0, 0.05) is 37.5 Å². The molecule has 0 unspecified atom stereocenters. The van der Waals surface area contributed by atoms with Gasteiger partial charge in [0.05, 0.1) is 0 Å². The zero-order valence-electron chi connectivity index (χ0n) is 13.0. The van der Waals surface area contributed by atoms with Crippen LogP contribution in [0.2, 0.25) is 0 Å². The predicted molar refractivity (Wildman–Crippen MR) is 85.8 cm³/mol. The maximum Gasteiger partial charge on any atom is 0.223 e. The first-order valence-corrected chi connectivity index (χ1v) is 7.44. The van der Waals surface area contributed by atoms with E-state index in [2.05, 4.69) is 5.32 Å². The number of ketones is 1. The first-order chi connectivity index (χ1) is 10.5. The summed E-state index contributed by atoms with van der Waals surface area (Å²) in [5.74, 6) is -2.45. The quantitative estimate of drug-likeness (QED) is 0.834. The third-order valence-electron chi connectivity index (χ3n) is 4.06. The summed E-state index contributed by atoms with van der Waals surface area (Å²) in [4.78, 5) is 25.7. The lowest BCUT2D eigenvalue weighted by Gasteiger charge is -2.31. The highest BCUT2D eigenvalue weighted by atomic mass is 35.5. The van der Waals surface area contributed by atoms with Crippen molar-refractivity contribution in [3.63, 3.8) is 0 Å². The molecule has 0 aliphatic carbocycles. The van der Waals surface area contributed by atoms with Crippen molar-refractivity contribution in [1.29, 1.82) is 0 Å². The van der Waals surface area contributed by atoms with E-state index in [0.717, 1.165) is 25.0 Å². The van der Waals surface area contributed by atoms with Crippen LogP contribution in [0.25, 0.3) is 0 Å². The second kappa shape index (κ2) is 8.93. The number of halogens is 3. The fourth-order valence-corrected chi connectivity index (χ4v) is 2.61. The van der Waals surface area contributed by atoms with E-state index in [1.807, 2.05) is 7.05 Å². The highest BCUT2D eigenvalue weighted by Crippen LogP contribution is 2.14. The number of carbonyl (C=O) groups is 2. The van der Waals surface area contributed by atoms with Gasteiger partial charge in [-0.15, -0.1) is 12.4 Å². The lowest BCUT2D eigenvalue weighted by Crippen LogP contribution is -2.44. The molecule has 1 aromatic carbocycles. The van der Waals surface area contributed by atoms with Gasteiger partial charge in [-0.2, -0.15) is 0 Å². The molecule has 1 aliphatic rings. The molecule has 1 N–H and O–H groups in total. The third-order valence-corrected chi connectivity index (χ3v) is 4.06. The van der Waals surface area contributed by atoms with Crippen molar-refractivity contribution in [1.82, 2.24) is 10.2 Å². The van der Waals surface area contributed by atoms with Crippen molar-refractivity contribution >= 4 is 24.1 Å². The van der Waals surface area contributed by atoms with E-state index >= 15 is 0 Å². The molecule has 0 spiro atoms. The number of likely N-dealkylation sites (tertiary alicyclic amines) is 1. The molecule has 1 amide bonds. The number of Topliss-reactive ketones (excluding diaryl/α,β-unsaturated/α-hetero) is 1. The summed E-state index contributed by atoms with van der Waals surface area (Å²) >= 11 is 0. The van der Waals surface area contributed by atoms with Gasteiger partial charge in [-0.1, -0.05) is 0 Å². The molecule has 2 rings (SSSR count). The van der Waals surface area contributed by atoms with E-state index in [9.17, 15) is 18.4 Å². The van der Waals surface area contributed by atoms with E-state index in [1.54, 1.807) is 4.90 Å². The SMILES string of the molecule is CNC1CCN(C(=O)CCC(=O)c2ccc(F)c(F)c2)CC1.Cl. The van der Waals surface area contributed by atoms with Crippen LogP contribution < -0.4 is 5.32 Å². The van der Waals surface area contributed by atoms with Gasteiger partial charge in [0.15, 0.2) is 17.4 Å². The number of amides is 1. The average Bonchev–Trinajstić information content (AvgIpc) is 2.54. The van der Waals surface area contributed by atoms with Crippen molar-refractivity contribution in [3.8, 4) is 0 Å². The number of hydrogen-bond acceptors (Lipinski definition) is 3. The van der Waals surface area contributed by atoms with Crippen LogP contribution in [0.3, 0.4) is 0 Å². The maximum absolute atomic E-state index is 13.1. The van der Waals surface area contributed by atoms with Crippen LogP contribution >= 0.6 is 12.4 Å². The normalized spacial score (nSPS) is 15.2. The van der Waals surface area contributed by atoms with Crippen molar-refractivity contribution in [2.75, 3.05) is 20.1 Å². The summed E-state index contributed by atoms with van der Waals surface area (Å²) < 4.78 is 25.9. The highest BCUT2D eigenvalue weighted by Gasteiger charge is 2.22. The topological polar surface area (TPSA) is 49.4 Å². The van der Waals surface area contributed by atoms with Crippen LogP contribution in [0.4, 0.5) is 8.78 Å². The Balaban J connectivity index is 0.00000264. The lowest BCUT2D eigenvalue weighted by atomic mass is 10.0. The Labute approximate surface area is 140 Å². The molecule has 0 aromatic heterocycles. The Morgan fingerprint density at radius 3 is 2.39 bits per heavy atom. The van der Waals surface area contributed by atoms with E-state index in [1.165, 1.54) is 6.07 Å². The zero-order valence-corrected chi connectivity index (χ0v) is 13.8. The van der Waals surface area contributed by atoms with Crippen molar-refractivity contribution < 1.29 is 18.4 Å². The molecule has 4 nitrogen and oxygen atoms in total. The molecule has 128 valence electrons. The summed E-state index contributed by atoms with van der Waals surface area (Å²) in [5, 5.41) is 3.19. The van der Waals surface area contributed by atoms with Gasteiger partial charge in [0.2, 0.25) is 5.91 Å². The molecular weight excluding hydrogens is 326 g/mol. The van der Waals surface area contributed by atoms with Gasteiger partial charge >= 0.3 is 0 Å². The summed E-state index contributed by atoms with van der Waals surface area (Å²) in [6.45, 7) is 1.37. The highest BCUT2D eigenvalue weighted by molar-refractivity contribution is 5.97. The molecule has 1 aliphatic heterocycles. The molecule has 1 heterocycles. The maximum atomic E-state index is 13.1. The number of benzene rings is 1. The summed E-state index contributed by atoms with van der Waals surface area (Å²) in [7, 11) is 1.91. The number of piperidine rings is 1. The van der Waals surface area contributed by atoms with Crippen LogP contribution in [0.5, 0.6) is 0 Å². The van der Waals surface area contributed by atoms with Crippen LogP contribution in [0.15, 0.2) is 18.2 Å². The minimum absolute atomic E-state index is 0. The molecule has 7 heteroatoms. The van der Waals surface area contributed by atoms with Crippen LogP contribution in [-0.2, 0) is 4.79 Å². The van der Waals surface area contributed by atoms with Crippen molar-refractivity contribution in [2.45, 2.75) is 31.7 Å². The van der Waals surface area contributed by atoms with Gasteiger partial charge < -0.3 is 10.2 Å². The lowest BCUT2D eigenvalue weighted by molar-refractivity contribution is -0.132. The summed E-state index contributed by atoms with van der Waals surface area (Å²) in [5.41, 5.74) is 0.0978. The van der Waals surface area contributed by atoms with Gasteiger partial charge in [-0.3, -0.25) is 9.59 Å². The Bertz CT molecular complexity index is 561. The first-order valence-electron chi connectivity index (χ1n) is 7.44. The van der Waals surface area contributed by atoms with Gasteiger partial charge in [-0.25, -0.2) is 8.78 Å². The van der Waals surface area contributed by atoms with E-state index < -0.39 is 11.6 Å². The summed E-state index contributed by atoms with van der Waals surface area (Å²) in [6, 6.07) is 3.48. The molecule has 1 fully saturated rings. The number of hydrogen-bond donors (Lipinski definition) is 1. The van der Waals surface area contributed by atoms with E-state index in [-0.39, 0.29) is 42.5 Å². The minimum atomic E-state index is -1.05. The fourth-order valence-electron chi connectivity index (χ4n) is 2.61. The molecule has 1 saturated heterocycles. The van der Waals surface area contributed by atoms with Crippen molar-refractivity contribution in [2.24, 2.45) is 0 Å². The van der Waals surface area contributed by atoms with Crippen LogP contribution in [-0.4, -0.2) is 42.8 Å². The molecule has 0 bridgehead atoms. The Hall–Kier alpha value is -1.53. The number of nitrogens with one attached hydrogen (secondary N) is 1. The molecule has 1 aromatic rings. The Kier molecular flexibility index (Phi) is 7.58. The smallest absolute Gasteiger partial charge is 0.223 e. The summed E-state index contributed by atoms with van der Waals surface area (Å²) in [6.07, 6.45) is 1.91. The standard InChI is InChI=1S/C16H20F2N2O2.ClH/c1-19-12-6-8-20(9-7-12)16(22)5-4-15(21)11-2-3-13(17)14(18)10-11;/h2-3,10,12,19H,4-9H2,1H3;1H. The van der Waals surface area contributed by atoms with Gasteiger partial charge in [0.1, 0.15) is 0 Å². The van der Waals surface area contributed by atoms with E-state index in [4.69, 9.17) is 0 Å². The Morgan fingerprint density at radius 1 is 1.17 bits per heavy atom. The third kappa shape index (κ3) is 5.25. The number of nitrogens with zero attached hydrogens (tertiary/aromatic N) is 1. The fraction of sp³-hybridized carbons (Fsp3) is 0.500. The average molecular weight is 347 g/mol. The van der Waals surface area contributed by atoms with Gasteiger partial charge in [0.25, 0.3) is 0 Å². The number of rotatable bonds is 5. The van der Waals surface area contributed by atoms with Crippen LogP contribution in [0, 0.1) is 11.6 Å². The van der Waals surface area contributed by atoms with Crippen molar-refractivity contribution in [3.05, 3.63) is 35.4 Å². The molecule has 0 saturated carbocycles. The monoisotopic (exact) mass is 346 g/mol. The molecular formula is C16H21ClF2N2O2. The number of carbonyl (C=O) groups excluding carboxylic acids is 2. The second-order valence-corrected chi connectivity index (χ2v) is 5.50. The second-order valence-electron chi connectivity index (χ2n) is 5.50. The Morgan fingerprint density at radius 2 is 1.83 bits per heavy atom. The van der Waals surface area contributed by atoms with E-state index in [0.29, 0.717) is 19.1 Å². The minimum Gasteiger partial charge on any atom is -0.343 e. The van der Waals surface area contributed by atoms with Crippen LogP contribution in [0.1, 0.15) is 36.0 Å². The molecule has 23 heavy (non-hydrogen) atoms. The first kappa shape index (κ1) is 19.5. The largest absolute Gasteiger partial charge is 0.343 e.